The third-order valence-electron chi connectivity index (χ3n) is 5.06. The maximum Gasteiger partial charge on any atom is 0.226 e. The molecule has 2 atom stereocenters. The Morgan fingerprint density at radius 3 is 2.52 bits per heavy atom. The van der Waals surface area contributed by atoms with Crippen LogP contribution in [0.2, 0.25) is 0 Å². The molecule has 2 aromatic heterocycles. The Bertz CT molecular complexity index is 792. The highest BCUT2D eigenvalue weighted by atomic mass is 16.2. The zero-order chi connectivity index (χ0) is 18.6. The van der Waals surface area contributed by atoms with E-state index in [1.54, 1.807) is 30.9 Å². The lowest BCUT2D eigenvalue weighted by Gasteiger charge is -2.34. The highest BCUT2D eigenvalue weighted by Crippen LogP contribution is 2.40. The number of aromatic nitrogens is 3. The first kappa shape index (κ1) is 17.4. The fourth-order valence-electron chi connectivity index (χ4n) is 3.40. The molecule has 0 aromatic carbocycles. The van der Waals surface area contributed by atoms with E-state index in [2.05, 4.69) is 25.2 Å². The second kappa shape index (κ2) is 7.69. The molecule has 4 rings (SSSR count). The minimum atomic E-state index is -0.204. The quantitative estimate of drug-likeness (QED) is 0.827. The van der Waals surface area contributed by atoms with Crippen molar-refractivity contribution in [2.45, 2.75) is 13.0 Å². The van der Waals surface area contributed by atoms with Crippen LogP contribution < -0.4 is 10.2 Å². The summed E-state index contributed by atoms with van der Waals surface area (Å²) in [5.74, 6) is 0.352. The number of nitrogens with one attached hydrogen (secondary N) is 1. The van der Waals surface area contributed by atoms with Gasteiger partial charge in [-0.15, -0.1) is 0 Å². The maximum atomic E-state index is 12.7. The average molecular weight is 366 g/mol. The van der Waals surface area contributed by atoms with E-state index in [4.69, 9.17) is 0 Å². The Balaban J connectivity index is 1.24. The molecule has 1 aliphatic carbocycles. The number of pyridine rings is 1. The van der Waals surface area contributed by atoms with E-state index in [9.17, 15) is 9.59 Å². The lowest BCUT2D eigenvalue weighted by molar-refractivity contribution is -0.135. The highest BCUT2D eigenvalue weighted by Gasteiger charge is 2.49. The molecule has 0 radical (unpaired) electrons. The van der Waals surface area contributed by atoms with Crippen LogP contribution in [0.1, 0.15) is 12.0 Å². The van der Waals surface area contributed by atoms with Gasteiger partial charge in [0.15, 0.2) is 0 Å². The molecule has 2 aromatic rings. The summed E-state index contributed by atoms with van der Waals surface area (Å²) >= 11 is 0. The molecule has 1 aliphatic heterocycles. The van der Waals surface area contributed by atoms with Crippen molar-refractivity contribution < 1.29 is 9.59 Å². The average Bonchev–Trinajstić information content (AvgIpc) is 3.54. The Kier molecular flexibility index (Phi) is 4.95. The van der Waals surface area contributed by atoms with Gasteiger partial charge in [-0.25, -0.2) is 9.97 Å². The van der Waals surface area contributed by atoms with Crippen molar-refractivity contribution in [3.8, 4) is 0 Å². The number of nitrogens with zero attached hydrogens (tertiary/aromatic N) is 5. The van der Waals surface area contributed by atoms with Gasteiger partial charge in [0.2, 0.25) is 17.8 Å². The molecule has 0 bridgehead atoms. The summed E-state index contributed by atoms with van der Waals surface area (Å²) in [4.78, 5) is 41.4. The van der Waals surface area contributed by atoms with Crippen LogP contribution in [-0.2, 0) is 16.1 Å². The molecule has 1 saturated heterocycles. The van der Waals surface area contributed by atoms with E-state index in [1.807, 2.05) is 17.0 Å². The summed E-state index contributed by atoms with van der Waals surface area (Å²) in [6, 6.07) is 5.54. The van der Waals surface area contributed by atoms with Crippen molar-refractivity contribution in [1.82, 2.24) is 25.2 Å². The standard InChI is InChI=1S/C19H22N6O2/c26-17(23-13-14-3-1-4-20-12-14)15-11-16(15)18(27)24-7-9-25(10-8-24)19-21-5-2-6-22-19/h1-6,12,15-16H,7-11,13H2,(H,23,26). The number of carbonyl (C=O) groups is 2. The van der Waals surface area contributed by atoms with Gasteiger partial charge in [0.05, 0.1) is 11.8 Å². The van der Waals surface area contributed by atoms with Crippen molar-refractivity contribution in [2.75, 3.05) is 31.1 Å². The molecule has 27 heavy (non-hydrogen) atoms. The van der Waals surface area contributed by atoms with Gasteiger partial charge < -0.3 is 15.1 Å². The van der Waals surface area contributed by atoms with Gasteiger partial charge in [-0.05, 0) is 24.1 Å². The molecule has 140 valence electrons. The molecule has 3 heterocycles. The van der Waals surface area contributed by atoms with Crippen molar-refractivity contribution in [3.63, 3.8) is 0 Å². The minimum absolute atomic E-state index is 0.0477. The highest BCUT2D eigenvalue weighted by molar-refractivity contribution is 5.92. The lowest BCUT2D eigenvalue weighted by atomic mass is 10.2. The topological polar surface area (TPSA) is 91.3 Å². The zero-order valence-electron chi connectivity index (χ0n) is 15.0. The molecule has 0 spiro atoms. The van der Waals surface area contributed by atoms with E-state index < -0.39 is 0 Å². The van der Waals surface area contributed by atoms with Gasteiger partial charge >= 0.3 is 0 Å². The summed E-state index contributed by atoms with van der Waals surface area (Å²) in [5.41, 5.74) is 0.952. The van der Waals surface area contributed by atoms with Crippen molar-refractivity contribution in [3.05, 3.63) is 48.5 Å². The predicted octanol–water partition coefficient (Wildman–Crippen LogP) is 0.473. The van der Waals surface area contributed by atoms with Gasteiger partial charge in [0.25, 0.3) is 0 Å². The molecule has 2 unspecified atom stereocenters. The molecule has 2 fully saturated rings. The molecule has 2 aliphatic rings. The van der Waals surface area contributed by atoms with Gasteiger partial charge in [-0.3, -0.25) is 14.6 Å². The van der Waals surface area contributed by atoms with E-state index in [1.165, 1.54) is 0 Å². The number of rotatable bonds is 5. The van der Waals surface area contributed by atoms with Crippen LogP contribution in [0.3, 0.4) is 0 Å². The number of amides is 2. The van der Waals surface area contributed by atoms with E-state index in [-0.39, 0.29) is 23.7 Å². The first-order valence-electron chi connectivity index (χ1n) is 9.20. The number of hydrogen-bond donors (Lipinski definition) is 1. The normalized spacial score (nSPS) is 21.6. The van der Waals surface area contributed by atoms with E-state index in [0.717, 1.165) is 5.56 Å². The fraction of sp³-hybridized carbons (Fsp3) is 0.421. The smallest absolute Gasteiger partial charge is 0.226 e. The molecule has 8 heteroatoms. The van der Waals surface area contributed by atoms with Gasteiger partial charge in [0, 0.05) is 57.5 Å². The molecular weight excluding hydrogens is 344 g/mol. The second-order valence-corrected chi connectivity index (χ2v) is 6.89. The number of hydrogen-bond acceptors (Lipinski definition) is 6. The SMILES string of the molecule is O=C(NCc1cccnc1)C1CC1C(=O)N1CCN(c2ncccn2)CC1. The molecular formula is C19H22N6O2. The van der Waals surface area contributed by atoms with Gasteiger partial charge in [-0.1, -0.05) is 6.07 Å². The van der Waals surface area contributed by atoms with Crippen molar-refractivity contribution in [2.24, 2.45) is 11.8 Å². The molecule has 1 N–H and O–H groups in total. The summed E-state index contributed by atoms with van der Waals surface area (Å²) in [6.45, 7) is 3.13. The first-order chi connectivity index (χ1) is 13.2. The molecule has 8 nitrogen and oxygen atoms in total. The van der Waals surface area contributed by atoms with Crippen LogP contribution in [0.15, 0.2) is 43.0 Å². The Hall–Kier alpha value is -3.03. The van der Waals surface area contributed by atoms with E-state index in [0.29, 0.717) is 45.1 Å². The lowest BCUT2D eigenvalue weighted by Crippen LogP contribution is -2.50. The number of carbonyl (C=O) groups excluding carboxylic acids is 2. The monoisotopic (exact) mass is 366 g/mol. The van der Waals surface area contributed by atoms with Crippen LogP contribution in [-0.4, -0.2) is 57.8 Å². The third kappa shape index (κ3) is 4.05. The Labute approximate surface area is 157 Å². The van der Waals surface area contributed by atoms with Gasteiger partial charge in [-0.2, -0.15) is 0 Å². The zero-order valence-corrected chi connectivity index (χ0v) is 15.0. The predicted molar refractivity (Wildman–Crippen MR) is 98.5 cm³/mol. The van der Waals surface area contributed by atoms with Crippen molar-refractivity contribution >= 4 is 17.8 Å². The van der Waals surface area contributed by atoms with Crippen LogP contribution in [0.5, 0.6) is 0 Å². The number of piperazine rings is 1. The molecule has 2 amide bonds. The van der Waals surface area contributed by atoms with Crippen molar-refractivity contribution in [1.29, 1.82) is 0 Å². The fourth-order valence-corrected chi connectivity index (χ4v) is 3.40. The summed E-state index contributed by atoms with van der Waals surface area (Å²) in [6.07, 6.45) is 7.51. The van der Waals surface area contributed by atoms with E-state index >= 15 is 0 Å². The Morgan fingerprint density at radius 2 is 1.81 bits per heavy atom. The second-order valence-electron chi connectivity index (χ2n) is 6.89. The minimum Gasteiger partial charge on any atom is -0.352 e. The summed E-state index contributed by atoms with van der Waals surface area (Å²) in [5, 5.41) is 2.90. The number of anilines is 1. The maximum absolute atomic E-state index is 12.7. The first-order valence-corrected chi connectivity index (χ1v) is 9.20. The Morgan fingerprint density at radius 1 is 1.04 bits per heavy atom. The summed E-state index contributed by atoms with van der Waals surface area (Å²) < 4.78 is 0. The van der Waals surface area contributed by atoms with Crippen LogP contribution in [0.4, 0.5) is 5.95 Å². The van der Waals surface area contributed by atoms with Crippen LogP contribution in [0, 0.1) is 11.8 Å². The van der Waals surface area contributed by atoms with Crippen LogP contribution >= 0.6 is 0 Å². The largest absolute Gasteiger partial charge is 0.352 e. The van der Waals surface area contributed by atoms with Gasteiger partial charge in [0.1, 0.15) is 0 Å². The molecule has 1 saturated carbocycles. The van der Waals surface area contributed by atoms with Crippen LogP contribution in [0.25, 0.3) is 0 Å². The summed E-state index contributed by atoms with van der Waals surface area (Å²) in [7, 11) is 0. The third-order valence-corrected chi connectivity index (χ3v) is 5.06.